The van der Waals surface area contributed by atoms with Gasteiger partial charge in [-0.1, -0.05) is 0 Å². The molecule has 7 nitrogen and oxygen atoms in total. The predicted molar refractivity (Wildman–Crippen MR) is 111 cm³/mol. The summed E-state index contributed by atoms with van der Waals surface area (Å²) in [4.78, 5) is 30.9. The van der Waals surface area contributed by atoms with Crippen molar-refractivity contribution in [2.24, 2.45) is 5.73 Å². The van der Waals surface area contributed by atoms with Crippen LogP contribution in [-0.4, -0.2) is 57.8 Å². The fourth-order valence-electron chi connectivity index (χ4n) is 3.61. The Balaban J connectivity index is 0.00000408. The van der Waals surface area contributed by atoms with Gasteiger partial charge < -0.3 is 20.1 Å². The third kappa shape index (κ3) is 5.63. The van der Waals surface area contributed by atoms with E-state index in [0.717, 1.165) is 9.47 Å². The van der Waals surface area contributed by atoms with Crippen molar-refractivity contribution in [2.45, 2.75) is 38.1 Å². The third-order valence-corrected chi connectivity index (χ3v) is 5.23. The number of alkyl halides is 3. The normalized spacial score (nSPS) is 14.3. The molecule has 1 aliphatic heterocycles. The minimum Gasteiger partial charge on any atom is -0.343 e. The lowest BCUT2D eigenvalue weighted by Crippen LogP contribution is -2.42. The Labute approximate surface area is 196 Å². The Morgan fingerprint density at radius 3 is 2.32 bits per heavy atom. The number of hydrogen-bond acceptors (Lipinski definition) is 4. The monoisotopic (exact) mass is 513 g/mol. The van der Waals surface area contributed by atoms with Gasteiger partial charge in [0.05, 0.1) is 12.2 Å². The van der Waals surface area contributed by atoms with Gasteiger partial charge in [0, 0.05) is 45.7 Å². The standard InChI is InChI=1S/C20H21F6N5O2.ClH/c1-29(2)18(33)17-15-9-30(3-4-31(15)19(28-17)20(24,25)26)16(32)7-11(27)5-10-6-13(22)14(23)8-12(10)21;/h6,8,11H,3-5,7,9,27H2,1-2H3;1H/t11-;/m1./s1. The van der Waals surface area contributed by atoms with Gasteiger partial charge >= 0.3 is 6.18 Å². The maximum Gasteiger partial charge on any atom is 0.449 e. The summed E-state index contributed by atoms with van der Waals surface area (Å²) < 4.78 is 81.3. The van der Waals surface area contributed by atoms with Crippen molar-refractivity contribution < 1.29 is 35.9 Å². The molecule has 0 fully saturated rings. The molecule has 0 spiro atoms. The van der Waals surface area contributed by atoms with E-state index in [1.54, 1.807) is 0 Å². The highest BCUT2D eigenvalue weighted by atomic mass is 35.5. The first kappa shape index (κ1) is 27.4. The second kappa shape index (κ2) is 10.2. The maximum absolute atomic E-state index is 13.8. The van der Waals surface area contributed by atoms with Crippen LogP contribution in [0.25, 0.3) is 0 Å². The van der Waals surface area contributed by atoms with E-state index < -0.39 is 53.0 Å². The molecule has 1 aromatic heterocycles. The van der Waals surface area contributed by atoms with Gasteiger partial charge in [0.15, 0.2) is 17.3 Å². The quantitative estimate of drug-likeness (QED) is 0.492. The molecule has 14 heteroatoms. The van der Waals surface area contributed by atoms with Crippen LogP contribution in [0.15, 0.2) is 12.1 Å². The molecule has 2 aromatic rings. The lowest BCUT2D eigenvalue weighted by molar-refractivity contribution is -0.148. The fraction of sp³-hybridized carbons (Fsp3) is 0.450. The molecule has 0 saturated heterocycles. The van der Waals surface area contributed by atoms with Gasteiger partial charge in [-0.05, 0) is 18.1 Å². The Morgan fingerprint density at radius 1 is 1.12 bits per heavy atom. The Morgan fingerprint density at radius 2 is 1.74 bits per heavy atom. The number of halogens is 7. The maximum atomic E-state index is 13.8. The van der Waals surface area contributed by atoms with Gasteiger partial charge in [0.2, 0.25) is 11.7 Å². The molecule has 0 radical (unpaired) electrons. The van der Waals surface area contributed by atoms with Crippen molar-refractivity contribution in [1.82, 2.24) is 19.4 Å². The fourth-order valence-corrected chi connectivity index (χ4v) is 3.61. The second-order valence-corrected chi connectivity index (χ2v) is 7.92. The number of benzene rings is 1. The molecular weight excluding hydrogens is 492 g/mol. The number of amides is 2. The Hall–Kier alpha value is -2.80. The molecule has 1 atom stereocenters. The summed E-state index contributed by atoms with van der Waals surface area (Å²) in [7, 11) is 2.73. The second-order valence-electron chi connectivity index (χ2n) is 7.92. The number of imidazole rings is 1. The molecule has 1 aromatic carbocycles. The van der Waals surface area contributed by atoms with E-state index in [0.29, 0.717) is 12.1 Å². The van der Waals surface area contributed by atoms with Gasteiger partial charge in [0.1, 0.15) is 5.82 Å². The SMILES string of the molecule is CN(C)C(=O)c1nc(C(F)(F)F)n2c1CN(C(=O)C[C@H](N)Cc1cc(F)c(F)cc1F)CC2.Cl. The lowest BCUT2D eigenvalue weighted by Gasteiger charge is -2.30. The van der Waals surface area contributed by atoms with Crippen LogP contribution in [0.3, 0.4) is 0 Å². The number of hydrogen-bond donors (Lipinski definition) is 1. The average molecular weight is 514 g/mol. The van der Waals surface area contributed by atoms with Gasteiger partial charge in [-0.15, -0.1) is 12.4 Å². The molecule has 2 amide bonds. The van der Waals surface area contributed by atoms with Crippen molar-refractivity contribution in [2.75, 3.05) is 20.6 Å². The number of carbonyl (C=O) groups is 2. The first-order valence-electron chi connectivity index (χ1n) is 9.84. The minimum absolute atomic E-state index is 0. The number of aromatic nitrogens is 2. The van der Waals surface area contributed by atoms with Crippen LogP contribution in [0.2, 0.25) is 0 Å². The van der Waals surface area contributed by atoms with E-state index in [9.17, 15) is 35.9 Å². The molecule has 0 aliphatic carbocycles. The molecule has 1 aliphatic rings. The zero-order chi connectivity index (χ0) is 24.7. The topological polar surface area (TPSA) is 84.5 Å². The van der Waals surface area contributed by atoms with E-state index >= 15 is 0 Å². The van der Waals surface area contributed by atoms with Gasteiger partial charge in [0.25, 0.3) is 5.91 Å². The van der Waals surface area contributed by atoms with Crippen LogP contribution in [0.1, 0.15) is 34.0 Å². The molecule has 188 valence electrons. The zero-order valence-corrected chi connectivity index (χ0v) is 18.9. The zero-order valence-electron chi connectivity index (χ0n) is 18.1. The third-order valence-electron chi connectivity index (χ3n) is 5.23. The van der Waals surface area contributed by atoms with Crippen LogP contribution in [0.4, 0.5) is 26.3 Å². The highest BCUT2D eigenvalue weighted by molar-refractivity contribution is 5.93. The van der Waals surface area contributed by atoms with Gasteiger partial charge in [-0.2, -0.15) is 13.2 Å². The van der Waals surface area contributed by atoms with E-state index in [-0.39, 0.29) is 56.1 Å². The smallest absolute Gasteiger partial charge is 0.343 e. The highest BCUT2D eigenvalue weighted by Crippen LogP contribution is 2.32. The first-order chi connectivity index (χ1) is 15.3. The highest BCUT2D eigenvalue weighted by Gasteiger charge is 2.42. The summed E-state index contributed by atoms with van der Waals surface area (Å²) in [6.45, 7) is -0.632. The van der Waals surface area contributed by atoms with Crippen molar-refractivity contribution in [3.63, 3.8) is 0 Å². The van der Waals surface area contributed by atoms with Crippen LogP contribution in [0, 0.1) is 17.5 Å². The number of nitrogens with two attached hydrogens (primary N) is 1. The predicted octanol–water partition coefficient (Wildman–Crippen LogP) is 2.75. The lowest BCUT2D eigenvalue weighted by atomic mass is 10.0. The average Bonchev–Trinajstić information content (AvgIpc) is 3.10. The number of nitrogens with zero attached hydrogens (tertiary/aromatic N) is 4. The molecule has 0 saturated carbocycles. The molecule has 0 bridgehead atoms. The molecule has 0 unspecified atom stereocenters. The van der Waals surface area contributed by atoms with Crippen LogP contribution in [-0.2, 0) is 30.5 Å². The molecule has 2 N–H and O–H groups in total. The Bertz CT molecular complexity index is 1090. The van der Waals surface area contributed by atoms with Gasteiger partial charge in [-0.25, -0.2) is 18.2 Å². The number of carbonyl (C=O) groups excluding carboxylic acids is 2. The van der Waals surface area contributed by atoms with E-state index in [2.05, 4.69) is 4.98 Å². The molecule has 3 rings (SSSR count). The summed E-state index contributed by atoms with van der Waals surface area (Å²) in [5, 5.41) is 0. The number of fused-ring (bicyclic) bond motifs is 1. The van der Waals surface area contributed by atoms with E-state index in [1.165, 1.54) is 19.0 Å². The molecular formula is C20H22ClF6N5O2. The molecule has 34 heavy (non-hydrogen) atoms. The molecule has 2 heterocycles. The van der Waals surface area contributed by atoms with Crippen molar-refractivity contribution in [3.8, 4) is 0 Å². The Kier molecular flexibility index (Phi) is 8.25. The minimum atomic E-state index is -4.79. The van der Waals surface area contributed by atoms with Crippen LogP contribution >= 0.6 is 12.4 Å². The van der Waals surface area contributed by atoms with E-state index in [1.807, 2.05) is 0 Å². The summed E-state index contributed by atoms with van der Waals surface area (Å²) >= 11 is 0. The summed E-state index contributed by atoms with van der Waals surface area (Å²) in [5.41, 5.74) is 5.22. The first-order valence-corrected chi connectivity index (χ1v) is 9.84. The van der Waals surface area contributed by atoms with Crippen molar-refractivity contribution >= 4 is 24.2 Å². The number of rotatable bonds is 5. The summed E-state index contributed by atoms with van der Waals surface area (Å²) in [5.74, 6) is -6.13. The largest absolute Gasteiger partial charge is 0.449 e. The van der Waals surface area contributed by atoms with Crippen LogP contribution in [0.5, 0.6) is 0 Å². The van der Waals surface area contributed by atoms with Gasteiger partial charge in [-0.3, -0.25) is 9.59 Å². The van der Waals surface area contributed by atoms with Crippen molar-refractivity contribution in [3.05, 3.63) is 52.4 Å². The van der Waals surface area contributed by atoms with E-state index in [4.69, 9.17) is 5.73 Å². The summed E-state index contributed by atoms with van der Waals surface area (Å²) in [6, 6.07) is 0.0796. The van der Waals surface area contributed by atoms with Crippen LogP contribution < -0.4 is 5.73 Å². The van der Waals surface area contributed by atoms with Crippen molar-refractivity contribution in [1.29, 1.82) is 0 Å². The summed E-state index contributed by atoms with van der Waals surface area (Å²) in [6.07, 6.45) is -5.37.